The highest BCUT2D eigenvalue weighted by atomic mass is 32.2. The highest BCUT2D eigenvalue weighted by molar-refractivity contribution is 7.87. The maximum atomic E-state index is 14.6. The van der Waals surface area contributed by atoms with Crippen LogP contribution in [0.2, 0.25) is 0 Å². The number of para-hydroxylation sites is 1. The van der Waals surface area contributed by atoms with Crippen molar-refractivity contribution in [2.45, 2.75) is 122 Å². The second kappa shape index (κ2) is 16.7. The quantitative estimate of drug-likeness (QED) is 0.259. The van der Waals surface area contributed by atoms with Gasteiger partial charge >= 0.3 is 16.3 Å². The number of hydrogen-bond donors (Lipinski definition) is 3. The molecule has 4 amide bonds. The van der Waals surface area contributed by atoms with E-state index in [0.29, 0.717) is 25.3 Å². The monoisotopic (exact) mass is 819 g/mol. The summed E-state index contributed by atoms with van der Waals surface area (Å²) >= 11 is 0. The van der Waals surface area contributed by atoms with Gasteiger partial charge in [0.2, 0.25) is 11.8 Å². The summed E-state index contributed by atoms with van der Waals surface area (Å²) in [6.07, 6.45) is 5.66. The molecular weight excluding hydrogens is 763 g/mol. The van der Waals surface area contributed by atoms with E-state index in [1.54, 1.807) is 20.8 Å². The molecule has 314 valence electrons. The molecule has 2 aliphatic heterocycles. The summed E-state index contributed by atoms with van der Waals surface area (Å²) in [5.74, 6) is -2.47. The third-order valence-electron chi connectivity index (χ3n) is 10.8. The van der Waals surface area contributed by atoms with E-state index in [-0.39, 0.29) is 25.4 Å². The molecule has 1 aromatic heterocycles. The van der Waals surface area contributed by atoms with Crippen LogP contribution in [0, 0.1) is 12.8 Å². The third kappa shape index (κ3) is 9.33. The smallest absolute Gasteiger partial charge is 0.408 e. The van der Waals surface area contributed by atoms with Gasteiger partial charge in [0.25, 0.3) is 11.9 Å². The summed E-state index contributed by atoms with van der Waals surface area (Å²) in [6, 6.07) is 12.3. The lowest BCUT2D eigenvalue weighted by atomic mass is 10.0. The Kier molecular flexibility index (Phi) is 12.3. The Hall–Kier alpha value is -4.96. The number of nitrogens with one attached hydrogen (secondary N) is 3. The average molecular weight is 820 g/mol. The van der Waals surface area contributed by atoms with Crippen molar-refractivity contribution in [3.05, 3.63) is 60.2 Å². The van der Waals surface area contributed by atoms with Crippen LogP contribution < -0.4 is 20.1 Å². The Balaban J connectivity index is 1.36. The number of alkyl carbamates (subject to hydrolysis) is 1. The molecule has 0 spiro atoms. The molecule has 3 aromatic rings. The highest BCUT2D eigenvalue weighted by Crippen LogP contribution is 2.46. The van der Waals surface area contributed by atoms with Crippen LogP contribution in [-0.4, -0.2) is 101 Å². The van der Waals surface area contributed by atoms with Gasteiger partial charge in [-0.2, -0.15) is 17.7 Å². The van der Waals surface area contributed by atoms with E-state index < -0.39 is 69.3 Å². The van der Waals surface area contributed by atoms with Crippen LogP contribution in [0.4, 0.5) is 4.79 Å². The molecule has 1 saturated heterocycles. The van der Waals surface area contributed by atoms with Gasteiger partial charge < -0.3 is 25.0 Å². The number of imidazole rings is 1. The first-order chi connectivity index (χ1) is 27.3. The first-order valence-corrected chi connectivity index (χ1v) is 21.5. The Morgan fingerprint density at radius 3 is 2.50 bits per heavy atom. The number of fused-ring (bicyclic) bond motifs is 3. The number of amides is 4. The lowest BCUT2D eigenvalue weighted by Gasteiger charge is -2.30. The Labute approximate surface area is 341 Å². The first-order valence-electron chi connectivity index (χ1n) is 20.1. The maximum absolute atomic E-state index is 14.6. The van der Waals surface area contributed by atoms with Gasteiger partial charge in [-0.15, -0.1) is 0 Å². The molecule has 6 rings (SSSR count). The van der Waals surface area contributed by atoms with Crippen molar-refractivity contribution in [1.29, 1.82) is 0 Å². The number of rotatable bonds is 8. The number of nitrogens with zero attached hydrogens (tertiary/aromatic N) is 4. The highest BCUT2D eigenvalue weighted by Gasteiger charge is 2.62. The molecule has 16 heteroatoms. The lowest BCUT2D eigenvalue weighted by molar-refractivity contribution is -0.141. The van der Waals surface area contributed by atoms with Crippen molar-refractivity contribution < 1.29 is 37.1 Å². The maximum Gasteiger partial charge on any atom is 0.408 e. The molecule has 3 heterocycles. The van der Waals surface area contributed by atoms with Crippen molar-refractivity contribution in [3.63, 3.8) is 0 Å². The largest absolute Gasteiger partial charge is 0.459 e. The molecule has 0 radical (unpaired) electrons. The number of carbonyl (C=O) groups is 4. The Morgan fingerprint density at radius 1 is 1.07 bits per heavy atom. The molecule has 58 heavy (non-hydrogen) atoms. The summed E-state index contributed by atoms with van der Waals surface area (Å²) in [5.41, 5.74) is 2.28. The molecule has 1 aliphatic carbocycles. The van der Waals surface area contributed by atoms with Gasteiger partial charge in [0.1, 0.15) is 34.8 Å². The number of ether oxygens (including phenoxy) is 2. The molecule has 0 unspecified atom stereocenters. The van der Waals surface area contributed by atoms with Crippen LogP contribution in [0.1, 0.15) is 91.2 Å². The molecule has 2 aromatic carbocycles. The van der Waals surface area contributed by atoms with E-state index in [0.717, 1.165) is 44.9 Å². The third-order valence-corrected chi connectivity index (χ3v) is 12.2. The van der Waals surface area contributed by atoms with Crippen LogP contribution in [0.25, 0.3) is 22.2 Å². The number of aromatic nitrogens is 2. The van der Waals surface area contributed by atoms with Gasteiger partial charge in [-0.1, -0.05) is 67.0 Å². The first kappa shape index (κ1) is 42.6. The summed E-state index contributed by atoms with van der Waals surface area (Å²) in [5, 5.41) is 5.64. The van der Waals surface area contributed by atoms with Gasteiger partial charge in [-0.3, -0.25) is 19.0 Å². The van der Waals surface area contributed by atoms with E-state index in [2.05, 4.69) is 21.4 Å². The predicted octanol–water partition coefficient (Wildman–Crippen LogP) is 5.15. The molecular formula is C42H57N7O8S. The zero-order chi connectivity index (χ0) is 42.2. The van der Waals surface area contributed by atoms with Crippen molar-refractivity contribution in [1.82, 2.24) is 34.1 Å². The van der Waals surface area contributed by atoms with Crippen LogP contribution in [-0.2, 0) is 29.3 Å². The molecule has 3 aliphatic rings. The number of benzene rings is 2. The van der Waals surface area contributed by atoms with Gasteiger partial charge in [0.05, 0.1) is 12.1 Å². The van der Waals surface area contributed by atoms with E-state index in [4.69, 9.17) is 14.5 Å². The zero-order valence-electron chi connectivity index (χ0n) is 34.7. The molecule has 2 fully saturated rings. The summed E-state index contributed by atoms with van der Waals surface area (Å²) in [7, 11) is -1.58. The van der Waals surface area contributed by atoms with Crippen LogP contribution in [0.3, 0.4) is 0 Å². The second-order valence-electron chi connectivity index (χ2n) is 17.1. The standard InChI is InChI=1S/C42H57N7O8S/c1-26(2)49-33-21-15-19-31(28-17-14-16-27(3)22-28)35(33)44-39(49)56-30-23-34-36(50)45-42(38(52)46-58(54,55)47(7)8)24-29(42)18-12-10-9-11-13-20-32(37(51)48(34)25-30)43-40(53)57-41(4,5)6/h12,14-19,21-22,26,29-30,32,34H,9-11,13,20,23-25H2,1-8H3,(H,43,53)(H,45,50)(H,46,52)/b18-12-/t29-,30-,32+,34+,42-/m1/s1. The molecule has 15 nitrogen and oxygen atoms in total. The Bertz CT molecular complexity index is 2190. The SMILES string of the molecule is Cc1cccc(-c2cccc3c2nc(O[C@@H]2C[C@H]4C(=O)N[C@]5(C(=O)NS(=O)(=O)N(C)C)C[C@H]5/C=C\CCCCC[C@H](NC(=O)OC(C)(C)C)C(=O)N4C2)n3C(C)C)c1. The van der Waals surface area contributed by atoms with E-state index >= 15 is 0 Å². The fraction of sp³-hybridized carbons (Fsp3) is 0.548. The number of hydrogen-bond acceptors (Lipinski definition) is 9. The molecule has 5 atom stereocenters. The van der Waals surface area contributed by atoms with Crippen molar-refractivity contribution in [2.75, 3.05) is 20.6 Å². The summed E-state index contributed by atoms with van der Waals surface area (Å²) in [4.78, 5) is 62.4. The fourth-order valence-corrected chi connectivity index (χ4v) is 8.39. The van der Waals surface area contributed by atoms with Crippen LogP contribution >= 0.6 is 0 Å². The van der Waals surface area contributed by atoms with E-state index in [9.17, 15) is 27.6 Å². The molecule has 0 bridgehead atoms. The zero-order valence-corrected chi connectivity index (χ0v) is 35.5. The van der Waals surface area contributed by atoms with E-state index in [1.165, 1.54) is 19.0 Å². The van der Waals surface area contributed by atoms with Crippen molar-refractivity contribution in [3.8, 4) is 17.1 Å². The van der Waals surface area contributed by atoms with Gasteiger partial charge in [-0.05, 0) is 78.9 Å². The predicted molar refractivity (Wildman–Crippen MR) is 220 cm³/mol. The normalized spacial score (nSPS) is 25.0. The summed E-state index contributed by atoms with van der Waals surface area (Å²) in [6.45, 7) is 11.3. The number of allylic oxidation sites excluding steroid dienone is 1. The topological polar surface area (TPSA) is 181 Å². The van der Waals surface area contributed by atoms with Crippen LogP contribution in [0.15, 0.2) is 54.6 Å². The molecule has 3 N–H and O–H groups in total. The average Bonchev–Trinajstić information content (AvgIpc) is 3.45. The summed E-state index contributed by atoms with van der Waals surface area (Å²) < 4.78 is 42.8. The van der Waals surface area contributed by atoms with Crippen molar-refractivity contribution >= 4 is 45.1 Å². The van der Waals surface area contributed by atoms with Crippen LogP contribution in [0.5, 0.6) is 6.01 Å². The lowest BCUT2D eigenvalue weighted by Crippen LogP contribution is -2.58. The number of aryl methyl sites for hydroxylation is 1. The molecule has 1 saturated carbocycles. The van der Waals surface area contributed by atoms with E-state index in [1.807, 2.05) is 73.9 Å². The van der Waals surface area contributed by atoms with Crippen molar-refractivity contribution in [2.24, 2.45) is 5.92 Å². The van der Waals surface area contributed by atoms with Gasteiger partial charge in [0, 0.05) is 38.0 Å². The second-order valence-corrected chi connectivity index (χ2v) is 19.0. The number of carbonyl (C=O) groups excluding carboxylic acids is 4. The minimum absolute atomic E-state index is 0.0208. The Morgan fingerprint density at radius 2 is 1.81 bits per heavy atom. The fourth-order valence-electron chi connectivity index (χ4n) is 7.79. The van der Waals surface area contributed by atoms with Gasteiger partial charge in [-0.25, -0.2) is 9.52 Å². The minimum atomic E-state index is -4.18. The minimum Gasteiger partial charge on any atom is -0.459 e. The van der Waals surface area contributed by atoms with Gasteiger partial charge in [0.15, 0.2) is 0 Å².